The number of carbonyl (C=O) groups excluding carboxylic acids is 1. The molecule has 1 atom stereocenters. The number of benzene rings is 3. The molecule has 3 aromatic carbocycles. The molecule has 0 aliphatic heterocycles. The van der Waals surface area contributed by atoms with Crippen LogP contribution in [-0.2, 0) is 6.54 Å². The van der Waals surface area contributed by atoms with Crippen LogP contribution in [0.15, 0.2) is 93.7 Å². The van der Waals surface area contributed by atoms with Crippen LogP contribution in [0, 0.1) is 0 Å². The van der Waals surface area contributed by atoms with Gasteiger partial charge < -0.3 is 21.1 Å². The number of hydrogen-bond acceptors (Lipinski definition) is 4. The third kappa shape index (κ3) is 7.12. The van der Waals surface area contributed by atoms with Crippen LogP contribution in [0.3, 0.4) is 0 Å². The molecule has 1 aliphatic rings. The summed E-state index contributed by atoms with van der Waals surface area (Å²) in [6, 6.07) is 18.2. The van der Waals surface area contributed by atoms with E-state index in [1.165, 1.54) is 6.07 Å². The predicted octanol–water partition coefficient (Wildman–Crippen LogP) is 8.04. The molecule has 2 amide bonds. The van der Waals surface area contributed by atoms with Crippen LogP contribution in [-0.4, -0.2) is 17.2 Å². The number of phenols is 1. The van der Waals surface area contributed by atoms with Gasteiger partial charge in [-0.25, -0.2) is 4.79 Å². The van der Waals surface area contributed by atoms with E-state index in [9.17, 15) is 9.90 Å². The van der Waals surface area contributed by atoms with Crippen molar-refractivity contribution in [2.75, 3.05) is 10.6 Å². The van der Waals surface area contributed by atoms with Crippen molar-refractivity contribution in [2.45, 2.75) is 28.8 Å². The van der Waals surface area contributed by atoms with Crippen molar-refractivity contribution in [3.05, 3.63) is 99.5 Å². The van der Waals surface area contributed by atoms with Crippen LogP contribution in [0.4, 0.5) is 16.2 Å². The number of amides is 2. The molecular formula is C26H22Cl3N3O2S. The van der Waals surface area contributed by atoms with E-state index in [1.54, 1.807) is 23.9 Å². The molecular weight excluding hydrogens is 525 g/mol. The third-order valence-corrected chi connectivity index (χ3v) is 7.12. The van der Waals surface area contributed by atoms with Gasteiger partial charge in [-0.2, -0.15) is 0 Å². The van der Waals surface area contributed by atoms with Gasteiger partial charge in [0.05, 0.1) is 16.8 Å². The summed E-state index contributed by atoms with van der Waals surface area (Å²) in [4.78, 5) is 14.6. The topological polar surface area (TPSA) is 73.4 Å². The van der Waals surface area contributed by atoms with E-state index in [-0.39, 0.29) is 22.8 Å². The van der Waals surface area contributed by atoms with Gasteiger partial charge in [0, 0.05) is 32.1 Å². The molecule has 4 N–H and O–H groups in total. The molecule has 0 spiro atoms. The van der Waals surface area contributed by atoms with E-state index < -0.39 is 0 Å². The Morgan fingerprint density at radius 3 is 2.57 bits per heavy atom. The molecule has 0 saturated carbocycles. The first-order valence-corrected chi connectivity index (χ1v) is 12.7. The third-order valence-electron chi connectivity index (χ3n) is 5.18. The van der Waals surface area contributed by atoms with Gasteiger partial charge >= 0.3 is 6.03 Å². The summed E-state index contributed by atoms with van der Waals surface area (Å²) in [6.07, 6.45) is 6.03. The minimum atomic E-state index is -0.386. The van der Waals surface area contributed by atoms with Crippen LogP contribution in [0.1, 0.15) is 12.0 Å². The number of urea groups is 1. The molecule has 1 unspecified atom stereocenters. The van der Waals surface area contributed by atoms with Gasteiger partial charge in [0.15, 0.2) is 5.75 Å². The van der Waals surface area contributed by atoms with E-state index >= 15 is 0 Å². The number of allylic oxidation sites excluding steroid dienone is 2. The fourth-order valence-corrected chi connectivity index (χ4v) is 4.86. The van der Waals surface area contributed by atoms with Crippen molar-refractivity contribution >= 4 is 64.0 Å². The molecule has 1 aliphatic carbocycles. The summed E-state index contributed by atoms with van der Waals surface area (Å²) in [5, 5.41) is 20.8. The van der Waals surface area contributed by atoms with E-state index in [2.05, 4.69) is 16.0 Å². The van der Waals surface area contributed by atoms with Crippen molar-refractivity contribution in [2.24, 2.45) is 0 Å². The first-order valence-electron chi connectivity index (χ1n) is 10.8. The molecule has 35 heavy (non-hydrogen) atoms. The normalized spacial score (nSPS) is 14.8. The summed E-state index contributed by atoms with van der Waals surface area (Å²) < 4.78 is 0. The largest absolute Gasteiger partial charge is 0.504 e. The summed E-state index contributed by atoms with van der Waals surface area (Å²) in [5.41, 5.74) is 1.89. The molecule has 180 valence electrons. The zero-order valence-corrected chi connectivity index (χ0v) is 21.5. The fourth-order valence-electron chi connectivity index (χ4n) is 3.41. The van der Waals surface area contributed by atoms with Crippen LogP contribution < -0.4 is 16.0 Å². The Hall–Kier alpha value is -2.77. The second-order valence-electron chi connectivity index (χ2n) is 7.76. The molecule has 0 bridgehead atoms. The Morgan fingerprint density at radius 1 is 1.06 bits per heavy atom. The number of rotatable bonds is 7. The van der Waals surface area contributed by atoms with Crippen LogP contribution in [0.5, 0.6) is 5.75 Å². The first-order chi connectivity index (χ1) is 16.9. The molecule has 0 radical (unpaired) electrons. The van der Waals surface area contributed by atoms with Crippen molar-refractivity contribution in [1.29, 1.82) is 0 Å². The number of nitrogens with one attached hydrogen (secondary N) is 3. The highest BCUT2D eigenvalue weighted by atomic mass is 35.5. The lowest BCUT2D eigenvalue weighted by atomic mass is 10.1. The van der Waals surface area contributed by atoms with Crippen molar-refractivity contribution in [3.8, 4) is 5.75 Å². The van der Waals surface area contributed by atoms with Crippen molar-refractivity contribution in [3.63, 3.8) is 0 Å². The molecule has 4 rings (SSSR count). The lowest BCUT2D eigenvalue weighted by molar-refractivity contribution is 0.250. The molecule has 0 aromatic heterocycles. The Labute approximate surface area is 223 Å². The maximum Gasteiger partial charge on any atom is 0.319 e. The summed E-state index contributed by atoms with van der Waals surface area (Å²) in [5.74, 6) is -0.0875. The molecule has 0 saturated heterocycles. The molecule has 0 heterocycles. The summed E-state index contributed by atoms with van der Waals surface area (Å²) >= 11 is 19.8. The smallest absolute Gasteiger partial charge is 0.319 e. The lowest BCUT2D eigenvalue weighted by Gasteiger charge is -2.18. The summed E-state index contributed by atoms with van der Waals surface area (Å²) in [6.45, 7) is 0.441. The Morgan fingerprint density at radius 2 is 1.83 bits per heavy atom. The van der Waals surface area contributed by atoms with Crippen LogP contribution in [0.2, 0.25) is 10.0 Å². The quantitative estimate of drug-likeness (QED) is 0.179. The Balaban J connectivity index is 1.43. The monoisotopic (exact) mass is 545 g/mol. The van der Waals surface area contributed by atoms with Crippen molar-refractivity contribution < 1.29 is 9.90 Å². The van der Waals surface area contributed by atoms with E-state index in [4.69, 9.17) is 34.8 Å². The fraction of sp³-hybridized carbons (Fsp3) is 0.115. The van der Waals surface area contributed by atoms with Gasteiger partial charge in [0.2, 0.25) is 0 Å². The number of hydrogen-bond donors (Lipinski definition) is 4. The highest BCUT2D eigenvalue weighted by Gasteiger charge is 2.14. The van der Waals surface area contributed by atoms with Crippen LogP contribution >= 0.6 is 46.6 Å². The van der Waals surface area contributed by atoms with Crippen molar-refractivity contribution in [1.82, 2.24) is 5.32 Å². The van der Waals surface area contributed by atoms with E-state index in [0.29, 0.717) is 34.4 Å². The number of aromatic hydroxyl groups is 1. The summed E-state index contributed by atoms with van der Waals surface area (Å²) in [7, 11) is 0. The maximum absolute atomic E-state index is 12.4. The highest BCUT2D eigenvalue weighted by Crippen LogP contribution is 2.37. The number of carbonyl (C=O) groups is 1. The van der Waals surface area contributed by atoms with Gasteiger partial charge in [0.1, 0.15) is 0 Å². The average Bonchev–Trinajstić information content (AvgIpc) is 2.84. The standard InChI is InChI=1S/C26H22Cl3N3O2S/c27-17-5-9-19(10-6-17)31-26(34)32-20-13-22(29)25(33)23(14-20)30-15-16-3-1-2-4-24(16)35-21-11-7-18(28)8-12-21/h1-9,11-14,19,30,33H,10,15H2,(H2,31,32,34). The van der Waals surface area contributed by atoms with E-state index in [1.807, 2.05) is 60.7 Å². The second-order valence-corrected chi connectivity index (χ2v) is 10.2. The lowest BCUT2D eigenvalue weighted by Crippen LogP contribution is -2.37. The Bertz CT molecular complexity index is 1280. The minimum Gasteiger partial charge on any atom is -0.504 e. The molecule has 3 aromatic rings. The predicted molar refractivity (Wildman–Crippen MR) is 146 cm³/mol. The van der Waals surface area contributed by atoms with Gasteiger partial charge in [-0.1, -0.05) is 76.9 Å². The number of halogens is 3. The van der Waals surface area contributed by atoms with E-state index in [0.717, 1.165) is 15.4 Å². The van der Waals surface area contributed by atoms with Gasteiger partial charge in [-0.15, -0.1) is 0 Å². The second kappa shape index (κ2) is 11.8. The highest BCUT2D eigenvalue weighted by molar-refractivity contribution is 7.99. The zero-order valence-electron chi connectivity index (χ0n) is 18.4. The first kappa shape index (κ1) is 25.3. The van der Waals surface area contributed by atoms with Gasteiger partial charge in [-0.3, -0.25) is 0 Å². The zero-order chi connectivity index (χ0) is 24.8. The molecule has 0 fully saturated rings. The molecule has 5 nitrogen and oxygen atoms in total. The Kier molecular flexibility index (Phi) is 8.52. The molecule has 9 heteroatoms. The number of phenolic OH excluding ortho intramolecular Hbond substituents is 1. The van der Waals surface area contributed by atoms with Gasteiger partial charge in [0.25, 0.3) is 0 Å². The number of anilines is 2. The minimum absolute atomic E-state index is 0.0875. The SMILES string of the molecule is O=C(Nc1cc(Cl)c(O)c(NCc2ccccc2Sc2ccc(Cl)cc2)c1)NC1C=CC(Cl)=CC1. The average molecular weight is 547 g/mol. The van der Waals surface area contributed by atoms with Crippen LogP contribution in [0.25, 0.3) is 0 Å². The van der Waals surface area contributed by atoms with Gasteiger partial charge in [-0.05, 0) is 60.5 Å². The maximum atomic E-state index is 12.4.